The summed E-state index contributed by atoms with van der Waals surface area (Å²) < 4.78 is 5.33. The molecule has 0 aliphatic carbocycles. The number of hydrogen-bond donors (Lipinski definition) is 2. The maximum atomic E-state index is 9.91. The summed E-state index contributed by atoms with van der Waals surface area (Å²) in [6, 6.07) is 7.59. The normalized spacial score (nSPS) is 14.7. The highest BCUT2D eigenvalue weighted by Gasteiger charge is 2.13. The van der Waals surface area contributed by atoms with E-state index in [-0.39, 0.29) is 6.04 Å². The van der Waals surface area contributed by atoms with E-state index in [4.69, 9.17) is 4.74 Å². The Balaban J connectivity index is 2.70. The van der Waals surface area contributed by atoms with Crippen LogP contribution < -0.4 is 10.1 Å². The summed E-state index contributed by atoms with van der Waals surface area (Å²) in [6.45, 7) is 4.56. The molecule has 0 saturated carbocycles. The third-order valence-corrected chi connectivity index (χ3v) is 2.46. The zero-order chi connectivity index (χ0) is 11.3. The van der Waals surface area contributed by atoms with Crippen molar-refractivity contribution >= 4 is 0 Å². The molecule has 3 heteroatoms. The van der Waals surface area contributed by atoms with Crippen LogP contribution in [0.5, 0.6) is 5.75 Å². The van der Waals surface area contributed by atoms with E-state index >= 15 is 0 Å². The Hall–Kier alpha value is -1.06. The fourth-order valence-corrected chi connectivity index (χ4v) is 1.37. The molecule has 0 heterocycles. The van der Waals surface area contributed by atoms with Crippen LogP contribution in [0.15, 0.2) is 24.3 Å². The molecule has 0 fully saturated rings. The lowest BCUT2D eigenvalue weighted by Gasteiger charge is -2.18. The number of hydrogen-bond acceptors (Lipinski definition) is 3. The van der Waals surface area contributed by atoms with Gasteiger partial charge in [0.15, 0.2) is 0 Å². The van der Waals surface area contributed by atoms with Crippen LogP contribution >= 0.6 is 0 Å². The van der Waals surface area contributed by atoms with Crippen LogP contribution in [-0.2, 0) is 0 Å². The van der Waals surface area contributed by atoms with E-state index in [9.17, 15) is 5.11 Å². The van der Waals surface area contributed by atoms with E-state index in [0.717, 1.165) is 11.3 Å². The first-order valence-electron chi connectivity index (χ1n) is 5.27. The van der Waals surface area contributed by atoms with Gasteiger partial charge in [0, 0.05) is 6.04 Å². The van der Waals surface area contributed by atoms with E-state index in [2.05, 4.69) is 5.32 Å². The SMILES string of the molecule is CCOc1ccc(C(O)C(C)NC)cc1. The van der Waals surface area contributed by atoms with E-state index in [0.29, 0.717) is 6.61 Å². The topological polar surface area (TPSA) is 41.5 Å². The number of aliphatic hydroxyl groups is 1. The molecule has 0 aliphatic heterocycles. The Kier molecular flexibility index (Phi) is 4.59. The summed E-state index contributed by atoms with van der Waals surface area (Å²) in [5.41, 5.74) is 0.903. The summed E-state index contributed by atoms with van der Waals surface area (Å²) in [5, 5.41) is 12.9. The van der Waals surface area contributed by atoms with Crippen LogP contribution in [0.3, 0.4) is 0 Å². The van der Waals surface area contributed by atoms with Gasteiger partial charge in [-0.25, -0.2) is 0 Å². The molecule has 15 heavy (non-hydrogen) atoms. The van der Waals surface area contributed by atoms with Crippen molar-refractivity contribution in [2.45, 2.75) is 26.0 Å². The van der Waals surface area contributed by atoms with Crippen LogP contribution in [0.4, 0.5) is 0 Å². The number of likely N-dealkylation sites (N-methyl/N-ethyl adjacent to an activating group) is 1. The van der Waals surface area contributed by atoms with Crippen molar-refractivity contribution < 1.29 is 9.84 Å². The molecular formula is C12H19NO2. The maximum Gasteiger partial charge on any atom is 0.119 e. The molecule has 0 aliphatic rings. The molecule has 1 aromatic rings. The highest BCUT2D eigenvalue weighted by Crippen LogP contribution is 2.20. The first-order valence-corrected chi connectivity index (χ1v) is 5.27. The number of nitrogens with one attached hydrogen (secondary N) is 1. The summed E-state index contributed by atoms with van der Waals surface area (Å²) in [5.74, 6) is 0.838. The van der Waals surface area contributed by atoms with Gasteiger partial charge in [-0.3, -0.25) is 0 Å². The van der Waals surface area contributed by atoms with Crippen LogP contribution in [0.25, 0.3) is 0 Å². The average molecular weight is 209 g/mol. The monoisotopic (exact) mass is 209 g/mol. The molecule has 0 spiro atoms. The number of aliphatic hydroxyl groups excluding tert-OH is 1. The van der Waals surface area contributed by atoms with Gasteiger partial charge in [-0.2, -0.15) is 0 Å². The molecule has 2 atom stereocenters. The molecule has 1 aromatic carbocycles. The van der Waals surface area contributed by atoms with E-state index in [1.54, 1.807) is 0 Å². The summed E-state index contributed by atoms with van der Waals surface area (Å²) >= 11 is 0. The molecule has 0 aromatic heterocycles. The van der Waals surface area contributed by atoms with Gasteiger partial charge in [-0.05, 0) is 38.6 Å². The Morgan fingerprint density at radius 3 is 2.40 bits per heavy atom. The Morgan fingerprint density at radius 2 is 1.93 bits per heavy atom. The minimum absolute atomic E-state index is 0.0444. The second-order valence-corrected chi connectivity index (χ2v) is 3.52. The number of ether oxygens (including phenoxy) is 1. The van der Waals surface area contributed by atoms with Crippen molar-refractivity contribution in [1.82, 2.24) is 5.32 Å². The first-order chi connectivity index (χ1) is 7.19. The lowest BCUT2D eigenvalue weighted by atomic mass is 10.0. The largest absolute Gasteiger partial charge is 0.494 e. The van der Waals surface area contributed by atoms with Crippen molar-refractivity contribution in [3.8, 4) is 5.75 Å². The van der Waals surface area contributed by atoms with Gasteiger partial charge in [-0.15, -0.1) is 0 Å². The van der Waals surface area contributed by atoms with Gasteiger partial charge >= 0.3 is 0 Å². The third-order valence-electron chi connectivity index (χ3n) is 2.46. The van der Waals surface area contributed by atoms with Gasteiger partial charge in [0.25, 0.3) is 0 Å². The zero-order valence-corrected chi connectivity index (χ0v) is 9.53. The summed E-state index contributed by atoms with van der Waals surface area (Å²) in [7, 11) is 1.84. The number of rotatable bonds is 5. The maximum absolute atomic E-state index is 9.91. The summed E-state index contributed by atoms with van der Waals surface area (Å²) in [6.07, 6.45) is -0.481. The highest BCUT2D eigenvalue weighted by atomic mass is 16.5. The zero-order valence-electron chi connectivity index (χ0n) is 9.53. The lowest BCUT2D eigenvalue weighted by molar-refractivity contribution is 0.140. The van der Waals surface area contributed by atoms with Crippen LogP contribution in [0, 0.1) is 0 Å². The molecule has 84 valence electrons. The quantitative estimate of drug-likeness (QED) is 0.776. The van der Waals surface area contributed by atoms with Gasteiger partial charge < -0.3 is 15.2 Å². The molecule has 0 saturated heterocycles. The minimum atomic E-state index is -0.481. The fourth-order valence-electron chi connectivity index (χ4n) is 1.37. The molecule has 3 nitrogen and oxygen atoms in total. The fraction of sp³-hybridized carbons (Fsp3) is 0.500. The Bertz CT molecular complexity index is 284. The van der Waals surface area contributed by atoms with Crippen LogP contribution in [0.1, 0.15) is 25.5 Å². The smallest absolute Gasteiger partial charge is 0.119 e. The molecule has 2 N–H and O–H groups in total. The third kappa shape index (κ3) is 3.22. The van der Waals surface area contributed by atoms with Crippen molar-refractivity contribution in [2.24, 2.45) is 0 Å². The van der Waals surface area contributed by atoms with Gasteiger partial charge in [0.1, 0.15) is 5.75 Å². The second kappa shape index (κ2) is 5.73. The average Bonchev–Trinajstić information content (AvgIpc) is 2.28. The van der Waals surface area contributed by atoms with Crippen molar-refractivity contribution in [1.29, 1.82) is 0 Å². The minimum Gasteiger partial charge on any atom is -0.494 e. The van der Waals surface area contributed by atoms with E-state index in [1.807, 2.05) is 45.2 Å². The van der Waals surface area contributed by atoms with Crippen molar-refractivity contribution in [3.63, 3.8) is 0 Å². The lowest BCUT2D eigenvalue weighted by Crippen LogP contribution is -2.28. The van der Waals surface area contributed by atoms with Crippen molar-refractivity contribution in [3.05, 3.63) is 29.8 Å². The van der Waals surface area contributed by atoms with Gasteiger partial charge in [-0.1, -0.05) is 12.1 Å². The standard InChI is InChI=1S/C12H19NO2/c1-4-15-11-7-5-10(6-8-11)12(14)9(2)13-3/h5-9,12-14H,4H2,1-3H3. The van der Waals surface area contributed by atoms with Gasteiger partial charge in [0.05, 0.1) is 12.7 Å². The van der Waals surface area contributed by atoms with Crippen molar-refractivity contribution in [2.75, 3.05) is 13.7 Å². The highest BCUT2D eigenvalue weighted by molar-refractivity contribution is 5.29. The number of benzene rings is 1. The molecule has 0 radical (unpaired) electrons. The molecular weight excluding hydrogens is 190 g/mol. The predicted octanol–water partition coefficient (Wildman–Crippen LogP) is 1.73. The Labute approximate surface area is 91.1 Å². The molecule has 1 rings (SSSR count). The predicted molar refractivity (Wildman–Crippen MR) is 61.1 cm³/mol. The van der Waals surface area contributed by atoms with E-state index < -0.39 is 6.10 Å². The van der Waals surface area contributed by atoms with Crippen LogP contribution in [0.2, 0.25) is 0 Å². The van der Waals surface area contributed by atoms with Gasteiger partial charge in [0.2, 0.25) is 0 Å². The van der Waals surface area contributed by atoms with Crippen LogP contribution in [-0.4, -0.2) is 24.8 Å². The molecule has 2 unspecified atom stereocenters. The molecule has 0 amide bonds. The molecule has 0 bridgehead atoms. The summed E-state index contributed by atoms with van der Waals surface area (Å²) in [4.78, 5) is 0. The second-order valence-electron chi connectivity index (χ2n) is 3.52. The van der Waals surface area contributed by atoms with E-state index in [1.165, 1.54) is 0 Å². The first kappa shape index (κ1) is 12.0. The Morgan fingerprint density at radius 1 is 1.33 bits per heavy atom.